The molecular formula is C22H29NO3. The minimum atomic E-state index is -0.0872. The van der Waals surface area contributed by atoms with Gasteiger partial charge in [0.25, 0.3) is 5.91 Å². The van der Waals surface area contributed by atoms with Crippen LogP contribution in [-0.4, -0.2) is 42.7 Å². The van der Waals surface area contributed by atoms with E-state index in [4.69, 9.17) is 9.84 Å². The summed E-state index contributed by atoms with van der Waals surface area (Å²) in [6, 6.07) is 14.0. The number of ether oxygens (including phenoxy) is 1. The normalized spacial score (nSPS) is 11.6. The van der Waals surface area contributed by atoms with Gasteiger partial charge in [-0.15, -0.1) is 0 Å². The van der Waals surface area contributed by atoms with Crippen LogP contribution in [0.5, 0.6) is 5.75 Å². The first-order chi connectivity index (χ1) is 12.7. The molecule has 0 unspecified atom stereocenters. The van der Waals surface area contributed by atoms with E-state index >= 15 is 0 Å². The van der Waals surface area contributed by atoms with Crippen molar-refractivity contribution in [1.29, 1.82) is 0 Å². The number of amides is 1. The maximum Gasteiger partial charge on any atom is 0.252 e. The molecule has 1 amide bonds. The third-order valence-electron chi connectivity index (χ3n) is 4.39. The van der Waals surface area contributed by atoms with Gasteiger partial charge in [0.2, 0.25) is 0 Å². The molecule has 4 nitrogen and oxygen atoms in total. The van der Waals surface area contributed by atoms with E-state index in [0.717, 1.165) is 42.2 Å². The quantitative estimate of drug-likeness (QED) is 0.514. The molecule has 2 rings (SSSR count). The van der Waals surface area contributed by atoms with Crippen LogP contribution in [0.2, 0.25) is 0 Å². The zero-order chi connectivity index (χ0) is 18.8. The molecule has 2 aromatic carbocycles. The molecule has 0 fully saturated rings. The lowest BCUT2D eigenvalue weighted by Crippen LogP contribution is -2.32. The maximum absolute atomic E-state index is 12.6. The van der Waals surface area contributed by atoms with Gasteiger partial charge in [-0.05, 0) is 24.3 Å². The number of carbonyl (C=O) groups excluding carboxylic acids is 1. The zero-order valence-corrected chi connectivity index (χ0v) is 15.8. The van der Waals surface area contributed by atoms with Gasteiger partial charge in [0.15, 0.2) is 0 Å². The summed E-state index contributed by atoms with van der Waals surface area (Å²) in [4.78, 5) is 14.2. The average Bonchev–Trinajstić information content (AvgIpc) is 2.67. The standard InChI is InChI=1S/C22H29NO3/c1-3-4-5-6-11-19(22(25)23(2)15-16-24)17-26-21-14-9-12-18-10-7-8-13-20(18)21/h7-14,24H,3-6,15-17H2,1-2H3/b19-11+. The van der Waals surface area contributed by atoms with Gasteiger partial charge in [0, 0.05) is 19.0 Å². The molecule has 0 aliphatic heterocycles. The molecule has 0 heterocycles. The number of hydrogen-bond acceptors (Lipinski definition) is 3. The highest BCUT2D eigenvalue weighted by Gasteiger charge is 2.15. The van der Waals surface area contributed by atoms with Crippen molar-refractivity contribution in [3.8, 4) is 5.75 Å². The van der Waals surface area contributed by atoms with Crippen LogP contribution in [0.3, 0.4) is 0 Å². The predicted octanol–water partition coefficient (Wildman–Crippen LogP) is 4.18. The Morgan fingerprint density at radius 3 is 2.69 bits per heavy atom. The van der Waals surface area contributed by atoms with Gasteiger partial charge in [0.1, 0.15) is 12.4 Å². The number of aliphatic hydroxyl groups is 1. The van der Waals surface area contributed by atoms with Crippen molar-refractivity contribution in [1.82, 2.24) is 4.90 Å². The minimum Gasteiger partial charge on any atom is -0.488 e. The minimum absolute atomic E-state index is 0.0461. The van der Waals surface area contributed by atoms with Crippen LogP contribution in [0.4, 0.5) is 0 Å². The van der Waals surface area contributed by atoms with Crippen LogP contribution in [0.15, 0.2) is 54.1 Å². The molecule has 140 valence electrons. The molecule has 0 aliphatic carbocycles. The molecule has 0 spiro atoms. The van der Waals surface area contributed by atoms with E-state index in [0.29, 0.717) is 12.1 Å². The van der Waals surface area contributed by atoms with E-state index in [1.807, 2.05) is 48.5 Å². The summed E-state index contributed by atoms with van der Waals surface area (Å²) in [6.07, 6.45) is 6.20. The van der Waals surface area contributed by atoms with Gasteiger partial charge in [-0.2, -0.15) is 0 Å². The lowest BCUT2D eigenvalue weighted by molar-refractivity contribution is -0.126. The number of rotatable bonds is 10. The number of nitrogens with zero attached hydrogens (tertiary/aromatic N) is 1. The van der Waals surface area contributed by atoms with Gasteiger partial charge in [-0.3, -0.25) is 4.79 Å². The van der Waals surface area contributed by atoms with Crippen LogP contribution in [0.1, 0.15) is 32.6 Å². The highest BCUT2D eigenvalue weighted by Crippen LogP contribution is 2.25. The molecule has 0 bridgehead atoms. The Balaban J connectivity index is 2.13. The van der Waals surface area contributed by atoms with Crippen LogP contribution in [0, 0.1) is 0 Å². The number of allylic oxidation sites excluding steroid dienone is 1. The number of carbonyl (C=O) groups is 1. The average molecular weight is 355 g/mol. The van der Waals surface area contributed by atoms with Crippen molar-refractivity contribution in [2.75, 3.05) is 26.8 Å². The fraction of sp³-hybridized carbons (Fsp3) is 0.409. The van der Waals surface area contributed by atoms with Crippen molar-refractivity contribution in [2.24, 2.45) is 0 Å². The van der Waals surface area contributed by atoms with E-state index in [-0.39, 0.29) is 19.1 Å². The molecular weight excluding hydrogens is 326 g/mol. The van der Waals surface area contributed by atoms with Crippen LogP contribution < -0.4 is 4.74 Å². The Morgan fingerprint density at radius 2 is 1.92 bits per heavy atom. The molecule has 0 saturated carbocycles. The second-order valence-corrected chi connectivity index (χ2v) is 6.44. The topological polar surface area (TPSA) is 49.8 Å². The van der Waals surface area contributed by atoms with Gasteiger partial charge in [-0.25, -0.2) is 0 Å². The fourth-order valence-corrected chi connectivity index (χ4v) is 2.85. The van der Waals surface area contributed by atoms with E-state index < -0.39 is 0 Å². The van der Waals surface area contributed by atoms with Gasteiger partial charge in [0.05, 0.1) is 12.2 Å². The molecule has 0 aromatic heterocycles. The predicted molar refractivity (Wildman–Crippen MR) is 106 cm³/mol. The third kappa shape index (κ3) is 5.60. The van der Waals surface area contributed by atoms with Crippen LogP contribution >= 0.6 is 0 Å². The second-order valence-electron chi connectivity index (χ2n) is 6.44. The highest BCUT2D eigenvalue weighted by atomic mass is 16.5. The first-order valence-corrected chi connectivity index (χ1v) is 9.33. The Hall–Kier alpha value is -2.33. The highest BCUT2D eigenvalue weighted by molar-refractivity contribution is 5.94. The summed E-state index contributed by atoms with van der Waals surface area (Å²) in [7, 11) is 1.70. The van der Waals surface area contributed by atoms with Crippen molar-refractivity contribution < 1.29 is 14.6 Å². The fourth-order valence-electron chi connectivity index (χ4n) is 2.85. The lowest BCUT2D eigenvalue weighted by atomic mass is 10.1. The van der Waals surface area contributed by atoms with E-state index in [9.17, 15) is 4.79 Å². The molecule has 2 aromatic rings. The molecule has 0 atom stereocenters. The number of fused-ring (bicyclic) bond motifs is 1. The third-order valence-corrected chi connectivity index (χ3v) is 4.39. The summed E-state index contributed by atoms with van der Waals surface area (Å²) in [6.45, 7) is 2.66. The lowest BCUT2D eigenvalue weighted by Gasteiger charge is -2.19. The SMILES string of the molecule is CCCCC/C=C(\COc1cccc2ccccc12)C(=O)N(C)CCO. The maximum atomic E-state index is 12.6. The monoisotopic (exact) mass is 355 g/mol. The van der Waals surface area contributed by atoms with Crippen molar-refractivity contribution in [3.05, 3.63) is 54.1 Å². The number of aliphatic hydroxyl groups excluding tert-OH is 1. The molecule has 0 aliphatic rings. The van der Waals surface area contributed by atoms with Crippen LogP contribution in [0.25, 0.3) is 10.8 Å². The summed E-state index contributed by atoms with van der Waals surface area (Å²) >= 11 is 0. The van der Waals surface area contributed by atoms with Crippen molar-refractivity contribution >= 4 is 16.7 Å². The smallest absolute Gasteiger partial charge is 0.252 e. The first-order valence-electron chi connectivity index (χ1n) is 9.33. The Kier molecular flexibility index (Phi) is 8.16. The number of benzene rings is 2. The van der Waals surface area contributed by atoms with Gasteiger partial charge >= 0.3 is 0 Å². The molecule has 0 saturated heterocycles. The summed E-state index contributed by atoms with van der Waals surface area (Å²) in [5, 5.41) is 11.2. The van der Waals surface area contributed by atoms with Crippen molar-refractivity contribution in [2.45, 2.75) is 32.6 Å². The summed E-state index contributed by atoms with van der Waals surface area (Å²) in [5.41, 5.74) is 0.644. The molecule has 0 radical (unpaired) electrons. The largest absolute Gasteiger partial charge is 0.488 e. The molecule has 1 N–H and O–H groups in total. The summed E-state index contributed by atoms with van der Waals surface area (Å²) < 4.78 is 6.01. The number of unbranched alkanes of at least 4 members (excludes halogenated alkanes) is 3. The molecule has 4 heteroatoms. The first kappa shape index (κ1) is 20.0. The van der Waals surface area contributed by atoms with Crippen molar-refractivity contribution in [3.63, 3.8) is 0 Å². The number of hydrogen-bond donors (Lipinski definition) is 1. The van der Waals surface area contributed by atoms with Gasteiger partial charge in [-0.1, -0.05) is 62.2 Å². The Labute approximate surface area is 156 Å². The second kappa shape index (κ2) is 10.6. The zero-order valence-electron chi connectivity index (χ0n) is 15.8. The van der Waals surface area contributed by atoms with Gasteiger partial charge < -0.3 is 14.7 Å². The van der Waals surface area contributed by atoms with Crippen LogP contribution in [-0.2, 0) is 4.79 Å². The van der Waals surface area contributed by atoms with E-state index in [1.165, 1.54) is 4.90 Å². The summed E-state index contributed by atoms with van der Waals surface area (Å²) in [5.74, 6) is 0.691. The Morgan fingerprint density at radius 1 is 1.15 bits per heavy atom. The molecule has 26 heavy (non-hydrogen) atoms. The Bertz CT molecular complexity index is 734. The van der Waals surface area contributed by atoms with E-state index in [2.05, 4.69) is 6.92 Å². The van der Waals surface area contributed by atoms with E-state index in [1.54, 1.807) is 7.05 Å². The number of likely N-dealkylation sites (N-methyl/N-ethyl adjacent to an activating group) is 1.